The Bertz CT molecular complexity index is 528. The van der Waals surface area contributed by atoms with Gasteiger partial charge in [-0.05, 0) is 18.2 Å². The highest BCUT2D eigenvalue weighted by atomic mass is 35.5. The number of carboxylic acid groups (broad SMARTS) is 1. The summed E-state index contributed by atoms with van der Waals surface area (Å²) in [5.41, 5.74) is 0. The number of benzene rings is 1. The van der Waals surface area contributed by atoms with Crippen molar-refractivity contribution in [3.63, 3.8) is 0 Å². The van der Waals surface area contributed by atoms with Crippen molar-refractivity contribution >= 4 is 27.6 Å². The van der Waals surface area contributed by atoms with Crippen LogP contribution in [0.5, 0.6) is 5.75 Å². The minimum Gasteiger partial charge on any atom is -0.495 e. The highest BCUT2D eigenvalue weighted by Gasteiger charge is 2.20. The van der Waals surface area contributed by atoms with E-state index in [1.807, 2.05) is 4.72 Å². The van der Waals surface area contributed by atoms with Crippen molar-refractivity contribution in [2.45, 2.75) is 4.90 Å². The number of sulfonamides is 1. The van der Waals surface area contributed by atoms with Crippen molar-refractivity contribution in [2.75, 3.05) is 13.7 Å². The minimum atomic E-state index is -3.96. The summed E-state index contributed by atoms with van der Waals surface area (Å²) in [6, 6.07) is 4.04. The number of hydrogen-bond acceptors (Lipinski definition) is 4. The number of methoxy groups -OCH3 is 1. The molecule has 1 aromatic carbocycles. The predicted molar refractivity (Wildman–Crippen MR) is 60.8 cm³/mol. The van der Waals surface area contributed by atoms with Gasteiger partial charge < -0.3 is 9.84 Å². The van der Waals surface area contributed by atoms with E-state index in [0.717, 1.165) is 0 Å². The topological polar surface area (TPSA) is 92.7 Å². The first-order valence-electron chi connectivity index (χ1n) is 4.42. The Hall–Kier alpha value is -1.31. The van der Waals surface area contributed by atoms with Crippen molar-refractivity contribution in [3.8, 4) is 5.75 Å². The predicted octanol–water partition coefficient (Wildman–Crippen LogP) is 0.712. The fourth-order valence-electron chi connectivity index (χ4n) is 1.10. The molecule has 0 radical (unpaired) electrons. The molecule has 0 spiro atoms. The van der Waals surface area contributed by atoms with Crippen LogP contribution in [0.1, 0.15) is 0 Å². The summed E-state index contributed by atoms with van der Waals surface area (Å²) in [4.78, 5) is 10.1. The van der Waals surface area contributed by atoms with E-state index in [1.165, 1.54) is 25.3 Å². The first-order valence-corrected chi connectivity index (χ1v) is 6.28. The third-order valence-corrected chi connectivity index (χ3v) is 3.49. The van der Waals surface area contributed by atoms with E-state index < -0.39 is 22.5 Å². The standard InChI is InChI=1S/C9H10ClNO5S/c1-16-7-3-2-6(10)4-8(7)17(14,15)11-5-9(12)13/h2-4,11H,5H2,1H3,(H,12,13). The van der Waals surface area contributed by atoms with Crippen LogP contribution in [0.4, 0.5) is 0 Å². The van der Waals surface area contributed by atoms with Crippen LogP contribution in [0.25, 0.3) is 0 Å². The molecule has 0 aliphatic rings. The normalized spacial score (nSPS) is 11.2. The number of carbonyl (C=O) groups is 1. The number of ether oxygens (including phenoxy) is 1. The summed E-state index contributed by atoms with van der Waals surface area (Å²) in [7, 11) is -2.66. The highest BCUT2D eigenvalue weighted by molar-refractivity contribution is 7.89. The van der Waals surface area contributed by atoms with E-state index >= 15 is 0 Å². The molecule has 0 unspecified atom stereocenters. The Morgan fingerprint density at radius 1 is 1.53 bits per heavy atom. The number of rotatable bonds is 5. The summed E-state index contributed by atoms with van der Waals surface area (Å²) < 4.78 is 30.3. The van der Waals surface area contributed by atoms with Gasteiger partial charge >= 0.3 is 5.97 Å². The van der Waals surface area contributed by atoms with Gasteiger partial charge in [0.05, 0.1) is 7.11 Å². The molecule has 94 valence electrons. The zero-order chi connectivity index (χ0) is 13.1. The van der Waals surface area contributed by atoms with Crippen molar-refractivity contribution in [3.05, 3.63) is 23.2 Å². The number of halogens is 1. The van der Waals surface area contributed by atoms with Gasteiger partial charge in [0.25, 0.3) is 0 Å². The lowest BCUT2D eigenvalue weighted by Crippen LogP contribution is -2.29. The number of hydrogen-bond donors (Lipinski definition) is 2. The molecular weight excluding hydrogens is 270 g/mol. The fraction of sp³-hybridized carbons (Fsp3) is 0.222. The van der Waals surface area contributed by atoms with Crippen LogP contribution < -0.4 is 9.46 Å². The second kappa shape index (κ2) is 5.35. The second-order valence-electron chi connectivity index (χ2n) is 3.01. The molecule has 8 heteroatoms. The highest BCUT2D eigenvalue weighted by Crippen LogP contribution is 2.26. The van der Waals surface area contributed by atoms with Crippen molar-refractivity contribution in [1.29, 1.82) is 0 Å². The number of nitrogens with one attached hydrogen (secondary N) is 1. The smallest absolute Gasteiger partial charge is 0.318 e. The van der Waals surface area contributed by atoms with Crippen LogP contribution in [0, 0.1) is 0 Å². The summed E-state index contributed by atoms with van der Waals surface area (Å²) >= 11 is 5.68. The molecular formula is C9H10ClNO5S. The maximum absolute atomic E-state index is 11.8. The molecule has 0 fully saturated rings. The number of carboxylic acids is 1. The van der Waals surface area contributed by atoms with E-state index in [2.05, 4.69) is 0 Å². The van der Waals surface area contributed by atoms with Crippen LogP contribution in [0.2, 0.25) is 5.02 Å². The SMILES string of the molecule is COc1ccc(Cl)cc1S(=O)(=O)NCC(=O)O. The van der Waals surface area contributed by atoms with E-state index in [9.17, 15) is 13.2 Å². The zero-order valence-electron chi connectivity index (χ0n) is 8.81. The van der Waals surface area contributed by atoms with E-state index in [4.69, 9.17) is 21.4 Å². The molecule has 1 rings (SSSR count). The van der Waals surface area contributed by atoms with Crippen LogP contribution >= 0.6 is 11.6 Å². The molecule has 1 aromatic rings. The summed E-state index contributed by atoms with van der Waals surface area (Å²) in [5, 5.41) is 8.63. The van der Waals surface area contributed by atoms with Gasteiger partial charge in [-0.2, -0.15) is 4.72 Å². The Kier molecular flexibility index (Phi) is 4.33. The summed E-state index contributed by atoms with van der Waals surface area (Å²) in [6.45, 7) is -0.710. The van der Waals surface area contributed by atoms with Crippen molar-refractivity contribution in [2.24, 2.45) is 0 Å². The van der Waals surface area contributed by atoms with Crippen LogP contribution in [0.15, 0.2) is 23.1 Å². The average molecular weight is 280 g/mol. The third kappa shape index (κ3) is 3.58. The zero-order valence-corrected chi connectivity index (χ0v) is 10.4. The van der Waals surface area contributed by atoms with Crippen LogP contribution in [-0.2, 0) is 14.8 Å². The van der Waals surface area contributed by atoms with Gasteiger partial charge in [-0.15, -0.1) is 0 Å². The molecule has 0 aromatic heterocycles. The lowest BCUT2D eigenvalue weighted by Gasteiger charge is -2.09. The first-order chi connectivity index (χ1) is 7.86. The quantitative estimate of drug-likeness (QED) is 0.828. The van der Waals surface area contributed by atoms with Gasteiger partial charge in [-0.25, -0.2) is 8.42 Å². The van der Waals surface area contributed by atoms with Gasteiger partial charge in [-0.1, -0.05) is 11.6 Å². The maximum atomic E-state index is 11.8. The van der Waals surface area contributed by atoms with Crippen LogP contribution in [-0.4, -0.2) is 33.1 Å². The van der Waals surface area contributed by atoms with Crippen molar-refractivity contribution in [1.82, 2.24) is 4.72 Å². The van der Waals surface area contributed by atoms with Gasteiger partial charge in [0.1, 0.15) is 17.2 Å². The van der Waals surface area contributed by atoms with Gasteiger partial charge in [-0.3, -0.25) is 4.79 Å². The summed E-state index contributed by atoms with van der Waals surface area (Å²) in [5.74, 6) is -1.19. The Labute approximate surface area is 103 Å². The maximum Gasteiger partial charge on any atom is 0.318 e. The van der Waals surface area contributed by atoms with E-state index in [-0.39, 0.29) is 15.7 Å². The lowest BCUT2D eigenvalue weighted by atomic mass is 10.3. The molecule has 0 aliphatic carbocycles. The molecule has 0 saturated heterocycles. The first kappa shape index (κ1) is 13.8. The largest absolute Gasteiger partial charge is 0.495 e. The number of aliphatic carboxylic acids is 1. The van der Waals surface area contributed by atoms with Gasteiger partial charge in [0, 0.05) is 5.02 Å². The molecule has 0 atom stereocenters. The van der Waals surface area contributed by atoms with Gasteiger partial charge in [0.15, 0.2) is 0 Å². The Balaban J connectivity index is 3.13. The monoisotopic (exact) mass is 279 g/mol. The molecule has 6 nitrogen and oxygen atoms in total. The molecule has 0 amide bonds. The molecule has 17 heavy (non-hydrogen) atoms. The minimum absolute atomic E-state index is 0.0901. The summed E-state index contributed by atoms with van der Waals surface area (Å²) in [6.07, 6.45) is 0. The molecule has 2 N–H and O–H groups in total. The van der Waals surface area contributed by atoms with Gasteiger partial charge in [0.2, 0.25) is 10.0 Å². The molecule has 0 saturated carbocycles. The average Bonchev–Trinajstić information content (AvgIpc) is 2.26. The molecule has 0 bridgehead atoms. The molecule has 0 heterocycles. The van der Waals surface area contributed by atoms with E-state index in [1.54, 1.807) is 0 Å². The van der Waals surface area contributed by atoms with E-state index in [0.29, 0.717) is 0 Å². The second-order valence-corrected chi connectivity index (χ2v) is 5.19. The van der Waals surface area contributed by atoms with Crippen molar-refractivity contribution < 1.29 is 23.1 Å². The third-order valence-electron chi connectivity index (χ3n) is 1.83. The van der Waals surface area contributed by atoms with Crippen LogP contribution in [0.3, 0.4) is 0 Å². The lowest BCUT2D eigenvalue weighted by molar-refractivity contribution is -0.135. The Morgan fingerprint density at radius 3 is 2.71 bits per heavy atom. The fourth-order valence-corrected chi connectivity index (χ4v) is 2.50. The molecule has 0 aliphatic heterocycles. The Morgan fingerprint density at radius 2 is 2.18 bits per heavy atom.